The Kier molecular flexibility index (Phi) is 4.21. The molecule has 2 aromatic rings. The van der Waals surface area contributed by atoms with Gasteiger partial charge in [-0.3, -0.25) is 0 Å². The van der Waals surface area contributed by atoms with Crippen LogP contribution < -0.4 is 5.32 Å². The number of benzene rings is 1. The lowest BCUT2D eigenvalue weighted by Crippen LogP contribution is -2.02. The molecular weight excluding hydrogens is 340 g/mol. The van der Waals surface area contributed by atoms with Gasteiger partial charge in [0.15, 0.2) is 0 Å². The van der Waals surface area contributed by atoms with Gasteiger partial charge in [0.1, 0.15) is 0 Å². The van der Waals surface area contributed by atoms with Crippen LogP contribution in [0.4, 0.5) is 5.69 Å². The number of rotatable bonds is 4. The molecule has 1 aromatic heterocycles. The molecule has 1 heterocycles. The maximum absolute atomic E-state index is 10.7. The first-order chi connectivity index (χ1) is 8.58. The van der Waals surface area contributed by atoms with Gasteiger partial charge in [-0.15, -0.1) is 11.3 Å². The number of aromatic carboxylic acids is 1. The minimum absolute atomic E-state index is 0.0944. The second-order valence-electron chi connectivity index (χ2n) is 3.40. The van der Waals surface area contributed by atoms with Crippen LogP contribution >= 0.6 is 38.9 Å². The lowest BCUT2D eigenvalue weighted by Gasteiger charge is -2.07. The number of nitrogens with zero attached hydrogens (tertiary/aromatic N) is 1. The molecule has 0 aliphatic rings. The number of aromatic nitrogens is 1. The first-order valence-electron chi connectivity index (χ1n) is 4.93. The lowest BCUT2D eigenvalue weighted by atomic mass is 10.3. The number of carbonyl (C=O) groups is 1. The first kappa shape index (κ1) is 13.3. The van der Waals surface area contributed by atoms with Crippen LogP contribution in [-0.2, 0) is 6.54 Å². The van der Waals surface area contributed by atoms with Crippen molar-refractivity contribution in [2.75, 3.05) is 5.32 Å². The van der Waals surface area contributed by atoms with E-state index < -0.39 is 5.97 Å². The molecule has 0 bridgehead atoms. The Labute approximate surface area is 121 Å². The van der Waals surface area contributed by atoms with E-state index >= 15 is 0 Å². The third-order valence-corrected chi connectivity index (χ3v) is 4.42. The van der Waals surface area contributed by atoms with E-state index in [-0.39, 0.29) is 5.01 Å². The van der Waals surface area contributed by atoms with Crippen molar-refractivity contribution in [1.29, 1.82) is 0 Å². The first-order valence-corrected chi connectivity index (χ1v) is 6.98. The summed E-state index contributed by atoms with van der Waals surface area (Å²) in [6.07, 6.45) is 0. The molecule has 0 fully saturated rings. The topological polar surface area (TPSA) is 62.2 Å². The van der Waals surface area contributed by atoms with Gasteiger partial charge in [-0.2, -0.15) is 0 Å². The van der Waals surface area contributed by atoms with E-state index in [0.29, 0.717) is 17.3 Å². The fourth-order valence-corrected chi connectivity index (χ4v) is 2.55. The zero-order valence-corrected chi connectivity index (χ0v) is 12.1. The monoisotopic (exact) mass is 346 g/mol. The van der Waals surface area contributed by atoms with Gasteiger partial charge in [0.25, 0.3) is 0 Å². The third-order valence-electron chi connectivity index (χ3n) is 2.15. The van der Waals surface area contributed by atoms with E-state index in [0.717, 1.165) is 21.5 Å². The average Bonchev–Trinajstić information content (AvgIpc) is 2.80. The van der Waals surface area contributed by atoms with Crippen molar-refractivity contribution < 1.29 is 9.90 Å². The van der Waals surface area contributed by atoms with Crippen LogP contribution in [0.1, 0.15) is 15.5 Å². The van der Waals surface area contributed by atoms with Crippen LogP contribution in [0, 0.1) is 0 Å². The van der Waals surface area contributed by atoms with Crippen molar-refractivity contribution in [3.63, 3.8) is 0 Å². The van der Waals surface area contributed by atoms with Gasteiger partial charge in [-0.1, -0.05) is 17.7 Å². The standard InChI is InChI=1S/C11H8BrClN2O2S/c12-9-7(13)2-1-3-8(9)14-4-6-5-18-10(15-6)11(16)17/h1-3,5,14H,4H2,(H,16,17). The normalized spacial score (nSPS) is 10.3. The highest BCUT2D eigenvalue weighted by molar-refractivity contribution is 9.10. The second kappa shape index (κ2) is 5.69. The summed E-state index contributed by atoms with van der Waals surface area (Å²) in [7, 11) is 0. The second-order valence-corrected chi connectivity index (χ2v) is 5.46. The Hall–Kier alpha value is -1.11. The van der Waals surface area contributed by atoms with Crippen LogP contribution in [0.15, 0.2) is 28.1 Å². The Morgan fingerprint density at radius 2 is 2.33 bits per heavy atom. The number of hydrogen-bond acceptors (Lipinski definition) is 4. The molecule has 2 N–H and O–H groups in total. The molecule has 0 unspecified atom stereocenters. The van der Waals surface area contributed by atoms with Crippen molar-refractivity contribution in [2.45, 2.75) is 6.54 Å². The molecule has 0 atom stereocenters. The number of carboxylic acid groups (broad SMARTS) is 1. The Morgan fingerprint density at radius 3 is 3.00 bits per heavy atom. The molecular formula is C11H8BrClN2O2S. The van der Waals surface area contributed by atoms with Gasteiger partial charge in [-0.25, -0.2) is 9.78 Å². The van der Waals surface area contributed by atoms with E-state index in [9.17, 15) is 4.79 Å². The zero-order chi connectivity index (χ0) is 13.1. The predicted octanol–water partition coefficient (Wildman–Crippen LogP) is 3.87. The van der Waals surface area contributed by atoms with Crippen LogP contribution in [-0.4, -0.2) is 16.1 Å². The molecule has 0 aliphatic carbocycles. The van der Waals surface area contributed by atoms with E-state index in [4.69, 9.17) is 16.7 Å². The zero-order valence-electron chi connectivity index (χ0n) is 8.98. The van der Waals surface area contributed by atoms with Gasteiger partial charge in [-0.05, 0) is 28.1 Å². The Morgan fingerprint density at radius 1 is 1.56 bits per heavy atom. The SMILES string of the molecule is O=C(O)c1nc(CNc2cccc(Cl)c2Br)cs1. The van der Waals surface area contributed by atoms with Gasteiger partial charge in [0.05, 0.1) is 27.4 Å². The number of carboxylic acids is 1. The maximum atomic E-state index is 10.7. The molecule has 1 aromatic carbocycles. The molecule has 94 valence electrons. The predicted molar refractivity (Wildman–Crippen MR) is 75.6 cm³/mol. The smallest absolute Gasteiger partial charge is 0.365 e. The highest BCUT2D eigenvalue weighted by Crippen LogP contribution is 2.30. The number of hydrogen-bond donors (Lipinski definition) is 2. The summed E-state index contributed by atoms with van der Waals surface area (Å²) in [6.45, 7) is 0.447. The highest BCUT2D eigenvalue weighted by atomic mass is 79.9. The van der Waals surface area contributed by atoms with E-state index in [1.54, 1.807) is 11.4 Å². The molecule has 2 rings (SSSR count). The lowest BCUT2D eigenvalue weighted by molar-refractivity contribution is 0.0696. The van der Waals surface area contributed by atoms with Crippen LogP contribution in [0.3, 0.4) is 0 Å². The van der Waals surface area contributed by atoms with Crippen molar-refractivity contribution in [3.05, 3.63) is 43.8 Å². The molecule has 0 saturated heterocycles. The number of anilines is 1. The summed E-state index contributed by atoms with van der Waals surface area (Å²) in [6, 6.07) is 5.49. The summed E-state index contributed by atoms with van der Waals surface area (Å²) in [5.74, 6) is -1.00. The highest BCUT2D eigenvalue weighted by Gasteiger charge is 2.09. The largest absolute Gasteiger partial charge is 0.476 e. The van der Waals surface area contributed by atoms with Crippen LogP contribution in [0.5, 0.6) is 0 Å². The van der Waals surface area contributed by atoms with Crippen LogP contribution in [0.25, 0.3) is 0 Å². The quantitative estimate of drug-likeness (QED) is 0.881. The van der Waals surface area contributed by atoms with Crippen LogP contribution in [0.2, 0.25) is 5.02 Å². The molecule has 0 amide bonds. The number of thiazole rings is 1. The van der Waals surface area contributed by atoms with Gasteiger partial charge < -0.3 is 10.4 Å². The summed E-state index contributed by atoms with van der Waals surface area (Å²) in [4.78, 5) is 14.7. The average molecular weight is 348 g/mol. The summed E-state index contributed by atoms with van der Waals surface area (Å²) < 4.78 is 0.778. The molecule has 18 heavy (non-hydrogen) atoms. The molecule has 0 saturated carbocycles. The minimum Gasteiger partial charge on any atom is -0.476 e. The molecule has 4 nitrogen and oxygen atoms in total. The van der Waals surface area contributed by atoms with Crippen molar-refractivity contribution in [1.82, 2.24) is 4.98 Å². The molecule has 7 heteroatoms. The van der Waals surface area contributed by atoms with Gasteiger partial charge >= 0.3 is 5.97 Å². The van der Waals surface area contributed by atoms with Gasteiger partial charge in [0.2, 0.25) is 5.01 Å². The molecule has 0 spiro atoms. The van der Waals surface area contributed by atoms with Crippen molar-refractivity contribution in [2.24, 2.45) is 0 Å². The van der Waals surface area contributed by atoms with Crippen molar-refractivity contribution in [3.8, 4) is 0 Å². The maximum Gasteiger partial charge on any atom is 0.365 e. The van der Waals surface area contributed by atoms with Crippen molar-refractivity contribution >= 4 is 50.5 Å². The minimum atomic E-state index is -1.00. The third kappa shape index (κ3) is 3.01. The summed E-state index contributed by atoms with van der Waals surface area (Å²) in [5, 5.41) is 14.3. The Bertz CT molecular complexity index is 588. The fourth-order valence-electron chi connectivity index (χ4n) is 1.31. The summed E-state index contributed by atoms with van der Waals surface area (Å²) in [5.41, 5.74) is 1.52. The Balaban J connectivity index is 2.07. The van der Waals surface area contributed by atoms with E-state index in [2.05, 4.69) is 26.2 Å². The van der Waals surface area contributed by atoms with E-state index in [1.165, 1.54) is 0 Å². The van der Waals surface area contributed by atoms with E-state index in [1.807, 2.05) is 12.1 Å². The summed E-state index contributed by atoms with van der Waals surface area (Å²) >= 11 is 10.5. The number of halogens is 2. The number of nitrogens with one attached hydrogen (secondary N) is 1. The van der Waals surface area contributed by atoms with Gasteiger partial charge in [0, 0.05) is 5.38 Å². The fraction of sp³-hybridized carbons (Fsp3) is 0.0909. The molecule has 0 radical (unpaired) electrons. The molecule has 0 aliphatic heterocycles.